The maximum absolute atomic E-state index is 11.5. The van der Waals surface area contributed by atoms with Gasteiger partial charge in [-0.15, -0.1) is 0 Å². The van der Waals surface area contributed by atoms with Crippen LogP contribution in [0.4, 0.5) is 0 Å². The number of hydrogen-bond donors (Lipinski definition) is 1. The third kappa shape index (κ3) is 5.83. The molecule has 0 bridgehead atoms. The molecule has 1 rings (SSSR count). The van der Waals surface area contributed by atoms with E-state index in [1.54, 1.807) is 6.20 Å². The normalized spacial score (nSPS) is 11.9. The quantitative estimate of drug-likeness (QED) is 0.716. The van der Waals surface area contributed by atoms with Gasteiger partial charge in [0, 0.05) is 19.3 Å². The first-order valence-corrected chi connectivity index (χ1v) is 7.65. The van der Waals surface area contributed by atoms with Crippen LogP contribution >= 0.6 is 0 Å². The first-order chi connectivity index (χ1) is 8.03. The number of nitrogens with zero attached hydrogens (tertiary/aromatic N) is 2. The number of aryl methyl sites for hydroxylation is 2. The molecule has 0 amide bonds. The summed E-state index contributed by atoms with van der Waals surface area (Å²) in [5.74, 6) is 0.227. The lowest BCUT2D eigenvalue weighted by molar-refractivity contribution is 0.551. The molecule has 1 aromatic heterocycles. The molecule has 0 aromatic carbocycles. The van der Waals surface area contributed by atoms with Crippen LogP contribution in [0.5, 0.6) is 0 Å². The molecule has 0 spiro atoms. The highest BCUT2D eigenvalue weighted by molar-refractivity contribution is 7.89. The van der Waals surface area contributed by atoms with Crippen LogP contribution in [0.15, 0.2) is 12.4 Å². The molecule has 98 valence electrons. The first-order valence-electron chi connectivity index (χ1n) is 6.00. The highest BCUT2D eigenvalue weighted by atomic mass is 32.2. The number of rotatable bonds is 8. The van der Waals surface area contributed by atoms with Crippen molar-refractivity contribution < 1.29 is 8.42 Å². The summed E-state index contributed by atoms with van der Waals surface area (Å²) in [4.78, 5) is 0. The van der Waals surface area contributed by atoms with E-state index in [0.29, 0.717) is 13.0 Å². The van der Waals surface area contributed by atoms with Crippen molar-refractivity contribution in [3.63, 3.8) is 0 Å². The van der Waals surface area contributed by atoms with Crippen LogP contribution < -0.4 is 4.72 Å². The number of aromatic nitrogens is 2. The predicted molar refractivity (Wildman–Crippen MR) is 68.3 cm³/mol. The van der Waals surface area contributed by atoms with E-state index in [1.165, 1.54) is 0 Å². The zero-order chi connectivity index (χ0) is 12.7. The summed E-state index contributed by atoms with van der Waals surface area (Å²) >= 11 is 0. The lowest BCUT2D eigenvalue weighted by atomic mass is 10.4. The fraction of sp³-hybridized carbons (Fsp3) is 0.727. The Morgan fingerprint density at radius 3 is 2.76 bits per heavy atom. The Morgan fingerprint density at radius 1 is 1.41 bits per heavy atom. The molecular formula is C11H21N3O2S. The maximum atomic E-state index is 11.5. The molecule has 0 saturated heterocycles. The Hall–Kier alpha value is -0.880. The van der Waals surface area contributed by atoms with E-state index >= 15 is 0 Å². The van der Waals surface area contributed by atoms with Crippen molar-refractivity contribution in [2.75, 3.05) is 12.3 Å². The second kappa shape index (κ2) is 6.76. The second-order valence-electron chi connectivity index (χ2n) is 4.20. The van der Waals surface area contributed by atoms with E-state index < -0.39 is 10.0 Å². The molecule has 0 aliphatic rings. The van der Waals surface area contributed by atoms with Crippen molar-refractivity contribution in [2.45, 2.75) is 39.7 Å². The van der Waals surface area contributed by atoms with E-state index in [2.05, 4.69) is 9.82 Å². The van der Waals surface area contributed by atoms with Crippen LogP contribution in [0.2, 0.25) is 0 Å². The Kier molecular flexibility index (Phi) is 5.64. The number of unbranched alkanes of at least 4 members (excludes halogenated alkanes) is 1. The smallest absolute Gasteiger partial charge is 0.211 e. The fourth-order valence-corrected chi connectivity index (χ4v) is 2.73. The van der Waals surface area contributed by atoms with Crippen LogP contribution in [0.25, 0.3) is 0 Å². The minimum absolute atomic E-state index is 0.227. The summed E-state index contributed by atoms with van der Waals surface area (Å²) < 4.78 is 27.4. The highest BCUT2D eigenvalue weighted by Crippen LogP contribution is 1.97. The van der Waals surface area contributed by atoms with Crippen molar-refractivity contribution in [2.24, 2.45) is 0 Å². The van der Waals surface area contributed by atoms with Crippen molar-refractivity contribution in [1.82, 2.24) is 14.5 Å². The summed E-state index contributed by atoms with van der Waals surface area (Å²) in [6.07, 6.45) is 6.12. The van der Waals surface area contributed by atoms with Gasteiger partial charge < -0.3 is 0 Å². The summed E-state index contributed by atoms with van der Waals surface area (Å²) in [6, 6.07) is 0. The van der Waals surface area contributed by atoms with E-state index in [0.717, 1.165) is 24.9 Å². The minimum Gasteiger partial charge on any atom is -0.272 e. The third-order valence-electron chi connectivity index (χ3n) is 2.41. The Bertz CT molecular complexity index is 426. The standard InChI is InChI=1S/C11H21N3O2S/c1-3-4-8-17(15,16)13-6-5-7-14-10-11(2)9-12-14/h9-10,13H,3-8H2,1-2H3. The number of hydrogen-bond acceptors (Lipinski definition) is 3. The molecule has 17 heavy (non-hydrogen) atoms. The largest absolute Gasteiger partial charge is 0.272 e. The highest BCUT2D eigenvalue weighted by Gasteiger charge is 2.07. The average molecular weight is 259 g/mol. The first kappa shape index (κ1) is 14.2. The molecule has 0 aliphatic carbocycles. The fourth-order valence-electron chi connectivity index (χ4n) is 1.46. The van der Waals surface area contributed by atoms with Crippen LogP contribution in [0.1, 0.15) is 31.7 Å². The Morgan fingerprint density at radius 2 is 2.18 bits per heavy atom. The minimum atomic E-state index is -3.07. The molecule has 0 unspecified atom stereocenters. The van der Waals surface area contributed by atoms with E-state index in [9.17, 15) is 8.42 Å². The van der Waals surface area contributed by atoms with Crippen molar-refractivity contribution in [1.29, 1.82) is 0 Å². The van der Waals surface area contributed by atoms with Gasteiger partial charge in [0.15, 0.2) is 0 Å². The lowest BCUT2D eigenvalue weighted by Gasteiger charge is -2.06. The zero-order valence-electron chi connectivity index (χ0n) is 10.5. The van der Waals surface area contributed by atoms with Crippen LogP contribution in [0.3, 0.4) is 0 Å². The van der Waals surface area contributed by atoms with Gasteiger partial charge in [0.25, 0.3) is 0 Å². The molecule has 0 saturated carbocycles. The van der Waals surface area contributed by atoms with Gasteiger partial charge in [-0.2, -0.15) is 5.10 Å². The van der Waals surface area contributed by atoms with E-state index in [4.69, 9.17) is 0 Å². The van der Waals surface area contributed by atoms with Gasteiger partial charge in [0.1, 0.15) is 0 Å². The molecule has 1 heterocycles. The SMILES string of the molecule is CCCCS(=O)(=O)NCCCn1cc(C)cn1. The monoisotopic (exact) mass is 259 g/mol. The van der Waals surface area contributed by atoms with Crippen molar-refractivity contribution in [3.8, 4) is 0 Å². The van der Waals surface area contributed by atoms with Crippen LogP contribution in [-0.4, -0.2) is 30.5 Å². The molecule has 0 fully saturated rings. The molecule has 0 aliphatic heterocycles. The summed E-state index contributed by atoms with van der Waals surface area (Å²) in [6.45, 7) is 5.18. The van der Waals surface area contributed by atoms with Gasteiger partial charge in [-0.3, -0.25) is 4.68 Å². The summed E-state index contributed by atoms with van der Waals surface area (Å²) in [5, 5.41) is 4.14. The van der Waals surface area contributed by atoms with Gasteiger partial charge >= 0.3 is 0 Å². The predicted octanol–water partition coefficient (Wildman–Crippen LogP) is 1.30. The Labute approximate surface area is 103 Å². The van der Waals surface area contributed by atoms with Crippen LogP contribution in [-0.2, 0) is 16.6 Å². The zero-order valence-corrected chi connectivity index (χ0v) is 11.3. The van der Waals surface area contributed by atoms with Gasteiger partial charge in [-0.1, -0.05) is 13.3 Å². The summed E-state index contributed by atoms with van der Waals surface area (Å²) in [5.41, 5.74) is 1.12. The van der Waals surface area contributed by atoms with Gasteiger partial charge in [-0.25, -0.2) is 13.1 Å². The van der Waals surface area contributed by atoms with Gasteiger partial charge in [-0.05, 0) is 25.3 Å². The topological polar surface area (TPSA) is 64.0 Å². The van der Waals surface area contributed by atoms with E-state index in [1.807, 2.05) is 24.7 Å². The van der Waals surface area contributed by atoms with E-state index in [-0.39, 0.29) is 5.75 Å². The molecule has 1 N–H and O–H groups in total. The Balaban J connectivity index is 2.19. The number of nitrogens with one attached hydrogen (secondary N) is 1. The molecule has 0 radical (unpaired) electrons. The molecule has 6 heteroatoms. The van der Waals surface area contributed by atoms with Crippen LogP contribution in [0, 0.1) is 6.92 Å². The van der Waals surface area contributed by atoms with Gasteiger partial charge in [0.2, 0.25) is 10.0 Å². The summed E-state index contributed by atoms with van der Waals surface area (Å²) in [7, 11) is -3.07. The number of sulfonamides is 1. The molecular weight excluding hydrogens is 238 g/mol. The molecule has 1 aromatic rings. The third-order valence-corrected chi connectivity index (χ3v) is 3.89. The maximum Gasteiger partial charge on any atom is 0.211 e. The lowest BCUT2D eigenvalue weighted by Crippen LogP contribution is -2.28. The van der Waals surface area contributed by atoms with Gasteiger partial charge in [0.05, 0.1) is 11.9 Å². The van der Waals surface area contributed by atoms with Crippen molar-refractivity contribution >= 4 is 10.0 Å². The molecule has 0 atom stereocenters. The molecule has 5 nitrogen and oxygen atoms in total. The van der Waals surface area contributed by atoms with Crippen molar-refractivity contribution in [3.05, 3.63) is 18.0 Å². The average Bonchev–Trinajstić information content (AvgIpc) is 2.68. The second-order valence-corrected chi connectivity index (χ2v) is 6.13.